The fourth-order valence-corrected chi connectivity index (χ4v) is 2.80. The molecule has 6 heteroatoms. The van der Waals surface area contributed by atoms with Crippen LogP contribution in [0.5, 0.6) is 0 Å². The quantitative estimate of drug-likeness (QED) is 0.831. The second-order valence-corrected chi connectivity index (χ2v) is 6.43. The van der Waals surface area contributed by atoms with Crippen LogP contribution in [0.1, 0.15) is 71.6 Å². The number of hydrogen-bond donors (Lipinski definition) is 2. The van der Waals surface area contributed by atoms with Crippen molar-refractivity contribution in [3.8, 4) is 11.1 Å². The van der Waals surface area contributed by atoms with Crippen molar-refractivity contribution in [2.24, 2.45) is 0 Å². The van der Waals surface area contributed by atoms with Crippen LogP contribution in [-0.2, 0) is 0 Å². The number of hydrogen-bond acceptors (Lipinski definition) is 3. The Morgan fingerprint density at radius 1 is 0.880 bits per heavy atom. The summed E-state index contributed by atoms with van der Waals surface area (Å²) in [6, 6.07) is 5.13. The maximum absolute atomic E-state index is 13.3. The molecule has 2 aromatic rings. The minimum Gasteiger partial charge on any atom is -0.478 e. The highest BCUT2D eigenvalue weighted by Gasteiger charge is 2.30. The Labute approximate surface area is 145 Å². The fourth-order valence-electron chi connectivity index (χ4n) is 2.80. The van der Waals surface area contributed by atoms with Gasteiger partial charge in [0.05, 0.1) is 22.5 Å². The van der Waals surface area contributed by atoms with Gasteiger partial charge in [0.1, 0.15) is 5.82 Å². The number of pyridine rings is 1. The van der Waals surface area contributed by atoms with Crippen molar-refractivity contribution in [3.63, 3.8) is 0 Å². The highest BCUT2D eigenvalue weighted by molar-refractivity contribution is 6.06. The van der Waals surface area contributed by atoms with Gasteiger partial charge in [-0.15, -0.1) is 0 Å². The first-order chi connectivity index (χ1) is 11.6. The predicted molar refractivity (Wildman–Crippen MR) is 91.7 cm³/mol. The van der Waals surface area contributed by atoms with Crippen LogP contribution in [0.3, 0.4) is 0 Å². The molecular weight excluding hydrogens is 325 g/mol. The Balaban J connectivity index is 3.04. The summed E-state index contributed by atoms with van der Waals surface area (Å²) in [7, 11) is 0. The van der Waals surface area contributed by atoms with E-state index in [1.54, 1.807) is 27.7 Å². The van der Waals surface area contributed by atoms with Crippen LogP contribution in [0.25, 0.3) is 11.1 Å². The first kappa shape index (κ1) is 18.6. The number of carboxylic acid groups (broad SMARTS) is 2. The van der Waals surface area contributed by atoms with Crippen molar-refractivity contribution in [2.45, 2.75) is 39.5 Å². The number of carboxylic acids is 2. The van der Waals surface area contributed by atoms with Gasteiger partial charge < -0.3 is 10.2 Å². The Morgan fingerprint density at radius 3 is 1.60 bits per heavy atom. The summed E-state index contributed by atoms with van der Waals surface area (Å²) in [5.74, 6) is -3.43. The molecule has 0 saturated heterocycles. The van der Waals surface area contributed by atoms with E-state index < -0.39 is 17.8 Å². The van der Waals surface area contributed by atoms with Crippen molar-refractivity contribution in [1.29, 1.82) is 0 Å². The zero-order valence-corrected chi connectivity index (χ0v) is 14.5. The number of nitrogens with zero attached hydrogens (tertiary/aromatic N) is 1. The Morgan fingerprint density at radius 2 is 1.28 bits per heavy atom. The molecule has 1 aromatic heterocycles. The molecule has 0 atom stereocenters. The second-order valence-electron chi connectivity index (χ2n) is 6.43. The van der Waals surface area contributed by atoms with E-state index in [0.717, 1.165) is 0 Å². The van der Waals surface area contributed by atoms with Gasteiger partial charge >= 0.3 is 11.9 Å². The van der Waals surface area contributed by atoms with Crippen LogP contribution in [-0.4, -0.2) is 27.1 Å². The smallest absolute Gasteiger partial charge is 0.338 e. The molecule has 0 unspecified atom stereocenters. The SMILES string of the molecule is CC(C)c1nc(C(C)C)c(C(=O)O)c(-c2ccc(F)cc2)c1C(=O)O. The van der Waals surface area contributed by atoms with E-state index in [1.165, 1.54) is 24.3 Å². The fraction of sp³-hybridized carbons (Fsp3) is 0.316. The molecule has 2 rings (SSSR count). The average molecular weight is 345 g/mol. The lowest BCUT2D eigenvalue weighted by Crippen LogP contribution is -2.18. The van der Waals surface area contributed by atoms with Crippen LogP contribution in [0.2, 0.25) is 0 Å². The molecule has 2 N–H and O–H groups in total. The minimum absolute atomic E-state index is 0.0717. The van der Waals surface area contributed by atoms with E-state index >= 15 is 0 Å². The van der Waals surface area contributed by atoms with Gasteiger partial charge in [-0.05, 0) is 29.5 Å². The van der Waals surface area contributed by atoms with Crippen LogP contribution in [0.4, 0.5) is 4.39 Å². The third-order valence-electron chi connectivity index (χ3n) is 3.91. The van der Waals surface area contributed by atoms with E-state index in [0.29, 0.717) is 17.0 Å². The van der Waals surface area contributed by atoms with E-state index in [1.807, 2.05) is 0 Å². The van der Waals surface area contributed by atoms with Crippen molar-refractivity contribution < 1.29 is 24.2 Å². The number of benzene rings is 1. The molecule has 0 fully saturated rings. The predicted octanol–water partition coefficient (Wildman–Crippen LogP) is 4.53. The molecule has 0 saturated carbocycles. The highest BCUT2D eigenvalue weighted by atomic mass is 19.1. The first-order valence-electron chi connectivity index (χ1n) is 7.95. The molecule has 0 spiro atoms. The lowest BCUT2D eigenvalue weighted by atomic mass is 9.87. The molecule has 1 heterocycles. The van der Waals surface area contributed by atoms with E-state index in [4.69, 9.17) is 0 Å². The van der Waals surface area contributed by atoms with E-state index in [-0.39, 0.29) is 28.5 Å². The van der Waals surface area contributed by atoms with Gasteiger partial charge in [-0.25, -0.2) is 14.0 Å². The normalized spacial score (nSPS) is 11.2. The van der Waals surface area contributed by atoms with E-state index in [9.17, 15) is 24.2 Å². The maximum Gasteiger partial charge on any atom is 0.338 e. The number of rotatable bonds is 5. The molecule has 0 aliphatic heterocycles. The molecule has 5 nitrogen and oxygen atoms in total. The van der Waals surface area contributed by atoms with Gasteiger partial charge in [-0.1, -0.05) is 39.8 Å². The topological polar surface area (TPSA) is 87.5 Å². The Kier molecular flexibility index (Phi) is 5.21. The zero-order valence-electron chi connectivity index (χ0n) is 14.5. The second kappa shape index (κ2) is 7.01. The van der Waals surface area contributed by atoms with Crippen LogP contribution in [0, 0.1) is 5.82 Å². The van der Waals surface area contributed by atoms with Gasteiger partial charge in [0.15, 0.2) is 0 Å². The van der Waals surface area contributed by atoms with Crippen LogP contribution >= 0.6 is 0 Å². The lowest BCUT2D eigenvalue weighted by Gasteiger charge is -2.21. The van der Waals surface area contributed by atoms with Crippen molar-refractivity contribution in [2.75, 3.05) is 0 Å². The Hall–Kier alpha value is -2.76. The summed E-state index contributed by atoms with van der Waals surface area (Å²) in [5, 5.41) is 19.5. The van der Waals surface area contributed by atoms with Crippen LogP contribution < -0.4 is 0 Å². The standard InChI is InChI=1S/C19H20FNO4/c1-9(2)16-14(18(22)23)13(11-5-7-12(20)8-6-11)15(19(24)25)17(21-16)10(3)4/h5-10H,1-4H3,(H,22,23)(H,24,25). The average Bonchev–Trinajstić information content (AvgIpc) is 2.52. The molecule has 132 valence electrons. The zero-order chi connectivity index (χ0) is 18.9. The number of carbonyl (C=O) groups is 2. The first-order valence-corrected chi connectivity index (χ1v) is 7.95. The van der Waals surface area contributed by atoms with Crippen molar-refractivity contribution in [3.05, 3.63) is 52.6 Å². The largest absolute Gasteiger partial charge is 0.478 e. The van der Waals surface area contributed by atoms with Gasteiger partial charge in [-0.3, -0.25) is 4.98 Å². The van der Waals surface area contributed by atoms with Gasteiger partial charge in [0.2, 0.25) is 0 Å². The van der Waals surface area contributed by atoms with Gasteiger partial charge in [0.25, 0.3) is 0 Å². The monoisotopic (exact) mass is 345 g/mol. The Bertz CT molecular complexity index is 782. The molecule has 0 radical (unpaired) electrons. The molecule has 25 heavy (non-hydrogen) atoms. The summed E-state index contributed by atoms with van der Waals surface area (Å²) in [6.45, 7) is 7.20. The maximum atomic E-state index is 13.3. The van der Waals surface area contributed by atoms with Crippen LogP contribution in [0.15, 0.2) is 24.3 Å². The van der Waals surface area contributed by atoms with Crippen molar-refractivity contribution in [1.82, 2.24) is 4.98 Å². The molecule has 0 aliphatic carbocycles. The van der Waals surface area contributed by atoms with Gasteiger partial charge in [-0.2, -0.15) is 0 Å². The molecule has 0 bridgehead atoms. The summed E-state index contributed by atoms with van der Waals surface area (Å²) in [4.78, 5) is 28.3. The number of aromatic nitrogens is 1. The molecular formula is C19H20FNO4. The van der Waals surface area contributed by atoms with Gasteiger partial charge in [0, 0.05) is 5.56 Å². The molecule has 0 amide bonds. The third-order valence-corrected chi connectivity index (χ3v) is 3.91. The van der Waals surface area contributed by atoms with E-state index in [2.05, 4.69) is 4.98 Å². The molecule has 1 aromatic carbocycles. The van der Waals surface area contributed by atoms with Crippen molar-refractivity contribution >= 4 is 11.9 Å². The minimum atomic E-state index is -1.26. The lowest BCUT2D eigenvalue weighted by molar-refractivity contribution is 0.0694. The molecule has 0 aliphatic rings. The highest BCUT2D eigenvalue weighted by Crippen LogP contribution is 2.36. The summed E-state index contributed by atoms with van der Waals surface area (Å²) in [6.07, 6.45) is 0. The summed E-state index contributed by atoms with van der Waals surface area (Å²) >= 11 is 0. The third kappa shape index (κ3) is 3.52. The summed E-state index contributed by atoms with van der Waals surface area (Å²) in [5.41, 5.74) is 0.748. The number of aromatic carboxylic acids is 2. The summed E-state index contributed by atoms with van der Waals surface area (Å²) < 4.78 is 13.3. The number of halogens is 1.